The van der Waals surface area contributed by atoms with Crippen molar-refractivity contribution in [2.45, 2.75) is 6.04 Å². The first-order chi connectivity index (χ1) is 8.22. The first-order valence-corrected chi connectivity index (χ1v) is 5.49. The van der Waals surface area contributed by atoms with Gasteiger partial charge in [-0.25, -0.2) is 9.78 Å². The van der Waals surface area contributed by atoms with Gasteiger partial charge in [0.1, 0.15) is 5.82 Å². The third kappa shape index (κ3) is 2.47. The topological polar surface area (TPSA) is 76.9 Å². The molecular weight excluding hydrogens is 222 g/mol. The molecule has 1 aromatic rings. The molecule has 6 nitrogen and oxygen atoms in total. The number of pyridine rings is 1. The fourth-order valence-electron chi connectivity index (χ4n) is 2.01. The van der Waals surface area contributed by atoms with Crippen molar-refractivity contribution in [2.24, 2.45) is 0 Å². The van der Waals surface area contributed by atoms with Crippen molar-refractivity contribution >= 4 is 11.9 Å². The lowest BCUT2D eigenvalue weighted by molar-refractivity contribution is 0.124. The molecule has 92 valence electrons. The minimum atomic E-state index is -0.941. The maximum absolute atomic E-state index is 10.9. The van der Waals surface area contributed by atoms with Crippen LogP contribution in [-0.4, -0.2) is 58.5 Å². The number of rotatable bonds is 2. The highest BCUT2D eigenvalue weighted by Gasteiger charge is 2.29. The molecule has 1 amide bonds. The maximum atomic E-state index is 10.9. The minimum absolute atomic E-state index is 0.0830. The number of amides is 1. The Hall–Kier alpha value is -1.82. The number of carboxylic acid groups (broad SMARTS) is 1. The Morgan fingerprint density at radius 2 is 2.29 bits per heavy atom. The van der Waals surface area contributed by atoms with E-state index in [9.17, 15) is 9.90 Å². The van der Waals surface area contributed by atoms with Crippen molar-refractivity contribution in [2.75, 3.05) is 31.1 Å². The third-order valence-corrected chi connectivity index (χ3v) is 2.91. The predicted octanol–water partition coefficient (Wildman–Crippen LogP) is 0.242. The lowest BCUT2D eigenvalue weighted by atomic mass is 10.2. The SMILES string of the molecule is O=C(O)N1CCN(c2ccccn2)[C@H](CO)C1. The second-order valence-electron chi connectivity index (χ2n) is 3.95. The number of anilines is 1. The molecule has 1 aromatic heterocycles. The van der Waals surface area contributed by atoms with Crippen molar-refractivity contribution in [1.29, 1.82) is 0 Å². The maximum Gasteiger partial charge on any atom is 0.407 e. The molecule has 0 spiro atoms. The number of piperazine rings is 1. The molecule has 6 heteroatoms. The number of carbonyl (C=O) groups is 1. The summed E-state index contributed by atoms with van der Waals surface area (Å²) in [6.45, 7) is 1.21. The zero-order valence-electron chi connectivity index (χ0n) is 9.36. The van der Waals surface area contributed by atoms with Gasteiger partial charge < -0.3 is 20.0 Å². The summed E-state index contributed by atoms with van der Waals surface area (Å²) >= 11 is 0. The number of aliphatic hydroxyl groups excluding tert-OH is 1. The number of aliphatic hydroxyl groups is 1. The molecule has 1 saturated heterocycles. The second-order valence-corrected chi connectivity index (χ2v) is 3.95. The van der Waals surface area contributed by atoms with Gasteiger partial charge in [0, 0.05) is 25.8 Å². The monoisotopic (exact) mass is 237 g/mol. The van der Waals surface area contributed by atoms with Crippen LogP contribution in [0.25, 0.3) is 0 Å². The molecule has 17 heavy (non-hydrogen) atoms. The van der Waals surface area contributed by atoms with Gasteiger partial charge in [-0.15, -0.1) is 0 Å². The number of nitrogens with zero attached hydrogens (tertiary/aromatic N) is 3. The largest absolute Gasteiger partial charge is 0.465 e. The van der Waals surface area contributed by atoms with E-state index in [0.717, 1.165) is 5.82 Å². The molecule has 0 aliphatic carbocycles. The van der Waals surface area contributed by atoms with Gasteiger partial charge in [-0.1, -0.05) is 6.07 Å². The molecule has 1 fully saturated rings. The fourth-order valence-corrected chi connectivity index (χ4v) is 2.01. The Balaban J connectivity index is 2.12. The summed E-state index contributed by atoms with van der Waals surface area (Å²) < 4.78 is 0. The smallest absolute Gasteiger partial charge is 0.407 e. The highest BCUT2D eigenvalue weighted by Crippen LogP contribution is 2.17. The lowest BCUT2D eigenvalue weighted by Crippen LogP contribution is -2.56. The molecule has 1 aliphatic heterocycles. The van der Waals surface area contributed by atoms with E-state index in [4.69, 9.17) is 5.11 Å². The van der Waals surface area contributed by atoms with E-state index >= 15 is 0 Å². The van der Waals surface area contributed by atoms with Gasteiger partial charge in [-0.05, 0) is 12.1 Å². The average molecular weight is 237 g/mol. The van der Waals surface area contributed by atoms with Crippen LogP contribution >= 0.6 is 0 Å². The Morgan fingerprint density at radius 1 is 1.47 bits per heavy atom. The first-order valence-electron chi connectivity index (χ1n) is 5.49. The molecule has 0 aromatic carbocycles. The summed E-state index contributed by atoms with van der Waals surface area (Å²) in [5, 5.41) is 18.3. The molecule has 0 saturated carbocycles. The van der Waals surface area contributed by atoms with Gasteiger partial charge in [0.15, 0.2) is 0 Å². The van der Waals surface area contributed by atoms with Crippen LogP contribution < -0.4 is 4.90 Å². The molecule has 2 N–H and O–H groups in total. The summed E-state index contributed by atoms with van der Waals surface area (Å²) in [4.78, 5) is 18.4. The summed E-state index contributed by atoms with van der Waals surface area (Å²) in [7, 11) is 0. The van der Waals surface area contributed by atoms with Crippen molar-refractivity contribution in [3.63, 3.8) is 0 Å². The standard InChI is InChI=1S/C11H15N3O3/c15-8-9-7-13(11(16)17)5-6-14(9)10-3-1-2-4-12-10/h1-4,9,15H,5-8H2,(H,16,17)/t9-/m0/s1. The van der Waals surface area contributed by atoms with E-state index in [2.05, 4.69) is 4.98 Å². The Kier molecular flexibility index (Phi) is 3.43. The normalized spacial score (nSPS) is 20.4. The summed E-state index contributed by atoms with van der Waals surface area (Å²) in [6.07, 6.45) is 0.747. The van der Waals surface area contributed by atoms with Gasteiger partial charge in [0.05, 0.1) is 12.6 Å². The molecule has 1 aliphatic rings. The van der Waals surface area contributed by atoms with Crippen LogP contribution in [0.4, 0.5) is 10.6 Å². The molecule has 0 radical (unpaired) electrons. The van der Waals surface area contributed by atoms with Gasteiger partial charge >= 0.3 is 6.09 Å². The second kappa shape index (κ2) is 5.01. The summed E-state index contributed by atoms with van der Waals surface area (Å²) in [6, 6.07) is 5.33. The van der Waals surface area contributed by atoms with E-state index < -0.39 is 6.09 Å². The predicted molar refractivity (Wildman–Crippen MR) is 62.1 cm³/mol. The van der Waals surface area contributed by atoms with E-state index in [0.29, 0.717) is 19.6 Å². The van der Waals surface area contributed by atoms with Crippen molar-refractivity contribution in [3.8, 4) is 0 Å². The zero-order chi connectivity index (χ0) is 12.3. The van der Waals surface area contributed by atoms with E-state index in [1.807, 2.05) is 23.1 Å². The Morgan fingerprint density at radius 3 is 2.88 bits per heavy atom. The van der Waals surface area contributed by atoms with Crippen molar-refractivity contribution in [1.82, 2.24) is 9.88 Å². The number of aromatic nitrogens is 1. The summed E-state index contributed by atoms with van der Waals surface area (Å²) in [5.74, 6) is 0.775. The van der Waals surface area contributed by atoms with Crippen LogP contribution in [0.15, 0.2) is 24.4 Å². The average Bonchev–Trinajstić information content (AvgIpc) is 2.39. The van der Waals surface area contributed by atoms with Crippen molar-refractivity contribution in [3.05, 3.63) is 24.4 Å². The van der Waals surface area contributed by atoms with Crippen LogP contribution in [0.2, 0.25) is 0 Å². The Labute approximate surface area is 99.1 Å². The molecule has 0 bridgehead atoms. The van der Waals surface area contributed by atoms with Gasteiger partial charge in [0.25, 0.3) is 0 Å². The Bertz CT molecular complexity index is 385. The highest BCUT2D eigenvalue weighted by atomic mass is 16.4. The highest BCUT2D eigenvalue weighted by molar-refractivity contribution is 5.65. The molecule has 0 unspecified atom stereocenters. The molecule has 2 heterocycles. The molecular formula is C11H15N3O3. The summed E-state index contributed by atoms with van der Waals surface area (Å²) in [5.41, 5.74) is 0. The van der Waals surface area contributed by atoms with E-state index in [-0.39, 0.29) is 12.6 Å². The van der Waals surface area contributed by atoms with Crippen LogP contribution in [0.3, 0.4) is 0 Å². The van der Waals surface area contributed by atoms with Gasteiger partial charge in [0.2, 0.25) is 0 Å². The van der Waals surface area contributed by atoms with Gasteiger partial charge in [-0.3, -0.25) is 0 Å². The number of hydrogen-bond acceptors (Lipinski definition) is 4. The third-order valence-electron chi connectivity index (χ3n) is 2.91. The first kappa shape index (κ1) is 11.7. The van der Waals surface area contributed by atoms with Crippen LogP contribution in [0.5, 0.6) is 0 Å². The fraction of sp³-hybridized carbons (Fsp3) is 0.455. The van der Waals surface area contributed by atoms with E-state index in [1.54, 1.807) is 6.20 Å². The van der Waals surface area contributed by atoms with E-state index in [1.165, 1.54) is 4.90 Å². The molecule has 1 atom stereocenters. The van der Waals surface area contributed by atoms with Crippen molar-refractivity contribution < 1.29 is 15.0 Å². The number of hydrogen-bond donors (Lipinski definition) is 2. The quantitative estimate of drug-likeness (QED) is 0.770. The van der Waals surface area contributed by atoms with Gasteiger partial charge in [-0.2, -0.15) is 0 Å². The minimum Gasteiger partial charge on any atom is -0.465 e. The van der Waals surface area contributed by atoms with Crippen LogP contribution in [-0.2, 0) is 0 Å². The lowest BCUT2D eigenvalue weighted by Gasteiger charge is -2.40. The van der Waals surface area contributed by atoms with Crippen LogP contribution in [0.1, 0.15) is 0 Å². The zero-order valence-corrected chi connectivity index (χ0v) is 9.36. The molecule has 2 rings (SSSR count). The van der Waals surface area contributed by atoms with Crippen LogP contribution in [0, 0.1) is 0 Å².